The second-order valence-electron chi connectivity index (χ2n) is 5.59. The van der Waals surface area contributed by atoms with Crippen molar-refractivity contribution < 1.29 is 31.8 Å². The number of sulfonamides is 1. The lowest BCUT2D eigenvalue weighted by atomic mass is 10.2. The molecule has 148 valence electrons. The van der Waals surface area contributed by atoms with Crippen LogP contribution in [0.5, 0.6) is 23.0 Å². The highest BCUT2D eigenvalue weighted by Gasteiger charge is 2.26. The van der Waals surface area contributed by atoms with Crippen LogP contribution in [0.1, 0.15) is 5.56 Å². The van der Waals surface area contributed by atoms with E-state index in [0.29, 0.717) is 22.8 Å². The number of hydrogen-bond acceptors (Lipinski definition) is 6. The molecule has 0 saturated carbocycles. The molecule has 0 heterocycles. The highest BCUT2D eigenvalue weighted by Crippen LogP contribution is 2.39. The number of hydrogen-bond donors (Lipinski definition) is 0. The van der Waals surface area contributed by atoms with Gasteiger partial charge in [0.05, 0.1) is 28.4 Å². The summed E-state index contributed by atoms with van der Waals surface area (Å²) < 4.78 is 61.4. The van der Waals surface area contributed by atoms with Gasteiger partial charge in [-0.25, -0.2) is 12.8 Å². The van der Waals surface area contributed by atoms with Crippen molar-refractivity contribution in [3.8, 4) is 23.0 Å². The van der Waals surface area contributed by atoms with Gasteiger partial charge in [-0.2, -0.15) is 4.31 Å². The Morgan fingerprint density at radius 1 is 0.889 bits per heavy atom. The van der Waals surface area contributed by atoms with E-state index >= 15 is 0 Å². The van der Waals surface area contributed by atoms with Crippen LogP contribution in [-0.4, -0.2) is 48.2 Å². The molecule has 27 heavy (non-hydrogen) atoms. The maximum atomic E-state index is 13.6. The SMILES string of the molecule is COc1ccc(F)cc1S(=O)(=O)N(C)Cc1cc(OC)c(OC)c(OC)c1. The number of benzene rings is 2. The van der Waals surface area contributed by atoms with E-state index in [-0.39, 0.29) is 17.2 Å². The van der Waals surface area contributed by atoms with E-state index in [9.17, 15) is 12.8 Å². The summed E-state index contributed by atoms with van der Waals surface area (Å²) in [5.74, 6) is 0.603. The van der Waals surface area contributed by atoms with Crippen LogP contribution >= 0.6 is 0 Å². The minimum atomic E-state index is -4.00. The number of ether oxygens (including phenoxy) is 4. The monoisotopic (exact) mass is 399 g/mol. The number of halogens is 1. The van der Waals surface area contributed by atoms with Crippen LogP contribution in [-0.2, 0) is 16.6 Å². The van der Waals surface area contributed by atoms with E-state index in [0.717, 1.165) is 16.4 Å². The van der Waals surface area contributed by atoms with Gasteiger partial charge in [0.25, 0.3) is 0 Å². The van der Waals surface area contributed by atoms with Crippen molar-refractivity contribution in [2.24, 2.45) is 0 Å². The highest BCUT2D eigenvalue weighted by atomic mass is 32.2. The molecule has 0 N–H and O–H groups in total. The van der Waals surface area contributed by atoms with Crippen LogP contribution in [0, 0.1) is 5.82 Å². The van der Waals surface area contributed by atoms with Crippen LogP contribution in [0.2, 0.25) is 0 Å². The van der Waals surface area contributed by atoms with Crippen LogP contribution in [0.3, 0.4) is 0 Å². The fourth-order valence-electron chi connectivity index (χ4n) is 2.59. The predicted octanol–water partition coefficient (Wildman–Crippen LogP) is 2.68. The molecule has 0 unspecified atom stereocenters. The van der Waals surface area contributed by atoms with Gasteiger partial charge in [-0.3, -0.25) is 0 Å². The molecule has 0 aromatic heterocycles. The minimum absolute atomic E-state index is 0.00127. The van der Waals surface area contributed by atoms with Crippen molar-refractivity contribution in [2.45, 2.75) is 11.4 Å². The fourth-order valence-corrected chi connectivity index (χ4v) is 3.91. The summed E-state index contributed by atoms with van der Waals surface area (Å²) in [7, 11) is 3.14. The average Bonchev–Trinajstić information content (AvgIpc) is 2.66. The maximum absolute atomic E-state index is 13.6. The summed E-state index contributed by atoms with van der Waals surface area (Å²) in [4.78, 5) is -0.250. The van der Waals surface area contributed by atoms with Gasteiger partial charge >= 0.3 is 0 Å². The van der Waals surface area contributed by atoms with Crippen molar-refractivity contribution in [1.29, 1.82) is 0 Å². The van der Waals surface area contributed by atoms with E-state index in [4.69, 9.17) is 18.9 Å². The van der Waals surface area contributed by atoms with Gasteiger partial charge < -0.3 is 18.9 Å². The molecule has 2 rings (SSSR count). The molecular weight excluding hydrogens is 377 g/mol. The first-order valence-electron chi connectivity index (χ1n) is 7.87. The lowest BCUT2D eigenvalue weighted by Gasteiger charge is -2.20. The van der Waals surface area contributed by atoms with Gasteiger partial charge in [0.15, 0.2) is 11.5 Å². The first-order valence-corrected chi connectivity index (χ1v) is 9.31. The third-order valence-corrected chi connectivity index (χ3v) is 5.77. The first kappa shape index (κ1) is 20.8. The number of methoxy groups -OCH3 is 4. The summed E-state index contributed by atoms with van der Waals surface area (Å²) >= 11 is 0. The standard InChI is InChI=1S/C18H22FNO6S/c1-20(27(21,22)17-10-13(19)6-7-14(17)23-2)11-12-8-15(24-3)18(26-5)16(9-12)25-4/h6-10H,11H2,1-5H3. The van der Waals surface area contributed by atoms with Crippen LogP contribution in [0.25, 0.3) is 0 Å². The molecule has 0 radical (unpaired) electrons. The Balaban J connectivity index is 2.42. The zero-order valence-electron chi connectivity index (χ0n) is 15.8. The molecule has 0 amide bonds. The van der Waals surface area contributed by atoms with Crippen LogP contribution < -0.4 is 18.9 Å². The molecule has 0 fully saturated rings. The van der Waals surface area contributed by atoms with Crippen molar-refractivity contribution in [3.63, 3.8) is 0 Å². The Morgan fingerprint density at radius 3 is 1.93 bits per heavy atom. The molecule has 9 heteroatoms. The van der Waals surface area contributed by atoms with Crippen molar-refractivity contribution in [2.75, 3.05) is 35.5 Å². The summed E-state index contributed by atoms with van der Waals surface area (Å²) in [5.41, 5.74) is 0.603. The van der Waals surface area contributed by atoms with E-state index in [1.807, 2.05) is 0 Å². The molecule has 0 aliphatic carbocycles. The molecule has 0 aliphatic heterocycles. The Bertz CT molecular complexity index is 891. The molecule has 0 bridgehead atoms. The molecule has 7 nitrogen and oxygen atoms in total. The quantitative estimate of drug-likeness (QED) is 0.680. The summed E-state index contributed by atoms with van der Waals surface area (Å²) in [6.07, 6.45) is 0. The third-order valence-electron chi connectivity index (χ3n) is 3.94. The normalized spacial score (nSPS) is 11.4. The molecule has 2 aromatic carbocycles. The third kappa shape index (κ3) is 4.25. The Kier molecular flexibility index (Phi) is 6.50. The topological polar surface area (TPSA) is 74.3 Å². The summed E-state index contributed by atoms with van der Waals surface area (Å²) in [5, 5.41) is 0. The number of rotatable bonds is 8. The second-order valence-corrected chi connectivity index (χ2v) is 7.60. The van der Waals surface area contributed by atoms with E-state index in [1.165, 1.54) is 41.6 Å². The van der Waals surface area contributed by atoms with Gasteiger partial charge in [-0.15, -0.1) is 0 Å². The zero-order chi connectivity index (χ0) is 20.2. The van der Waals surface area contributed by atoms with Crippen LogP contribution in [0.4, 0.5) is 4.39 Å². The molecule has 0 aliphatic rings. The van der Waals surface area contributed by atoms with Crippen molar-refractivity contribution in [3.05, 3.63) is 41.7 Å². The Hall–Kier alpha value is -2.52. The van der Waals surface area contributed by atoms with E-state index in [1.54, 1.807) is 12.1 Å². The van der Waals surface area contributed by atoms with Crippen molar-refractivity contribution in [1.82, 2.24) is 4.31 Å². The highest BCUT2D eigenvalue weighted by molar-refractivity contribution is 7.89. The van der Waals surface area contributed by atoms with Gasteiger partial charge in [0, 0.05) is 13.6 Å². The molecular formula is C18H22FNO6S. The van der Waals surface area contributed by atoms with Gasteiger partial charge in [-0.1, -0.05) is 0 Å². The van der Waals surface area contributed by atoms with Gasteiger partial charge in [-0.05, 0) is 35.9 Å². The summed E-state index contributed by atoms with van der Waals surface area (Å²) in [6.45, 7) is -0.00127. The first-order chi connectivity index (χ1) is 12.8. The zero-order valence-corrected chi connectivity index (χ0v) is 16.6. The Morgan fingerprint density at radius 2 is 1.44 bits per heavy atom. The maximum Gasteiger partial charge on any atom is 0.246 e. The summed E-state index contributed by atoms with van der Waals surface area (Å²) in [6, 6.07) is 6.64. The predicted molar refractivity (Wildman–Crippen MR) is 97.7 cm³/mol. The fraction of sp³-hybridized carbons (Fsp3) is 0.333. The second kappa shape index (κ2) is 8.45. The average molecular weight is 399 g/mol. The smallest absolute Gasteiger partial charge is 0.246 e. The van der Waals surface area contributed by atoms with Gasteiger partial charge in [0.1, 0.15) is 16.5 Å². The minimum Gasteiger partial charge on any atom is -0.495 e. The number of nitrogens with zero attached hydrogens (tertiary/aromatic N) is 1. The van der Waals surface area contributed by atoms with Crippen molar-refractivity contribution >= 4 is 10.0 Å². The molecule has 0 spiro atoms. The largest absolute Gasteiger partial charge is 0.495 e. The Labute approximate surface area is 158 Å². The van der Waals surface area contributed by atoms with E-state index < -0.39 is 15.8 Å². The van der Waals surface area contributed by atoms with Gasteiger partial charge in [0.2, 0.25) is 15.8 Å². The molecule has 2 aromatic rings. The molecule has 0 saturated heterocycles. The lowest BCUT2D eigenvalue weighted by molar-refractivity contribution is 0.323. The van der Waals surface area contributed by atoms with Crippen LogP contribution in [0.15, 0.2) is 35.2 Å². The van der Waals surface area contributed by atoms with E-state index in [2.05, 4.69) is 0 Å². The lowest BCUT2D eigenvalue weighted by Crippen LogP contribution is -2.27. The molecule has 0 atom stereocenters.